The topological polar surface area (TPSA) is 75.5 Å². The number of hydrogen-bond acceptors (Lipinski definition) is 5. The summed E-state index contributed by atoms with van der Waals surface area (Å²) in [5.74, 6) is -0.0764. The second-order valence-electron chi connectivity index (χ2n) is 5.07. The van der Waals surface area contributed by atoms with Crippen molar-refractivity contribution in [1.82, 2.24) is 10.2 Å². The van der Waals surface area contributed by atoms with E-state index in [9.17, 15) is 14.9 Å². The summed E-state index contributed by atoms with van der Waals surface area (Å²) in [6, 6.07) is 3.87. The molecule has 0 aromatic carbocycles. The van der Waals surface area contributed by atoms with Crippen LogP contribution in [-0.4, -0.2) is 40.9 Å². The van der Waals surface area contributed by atoms with Gasteiger partial charge in [-0.1, -0.05) is 11.3 Å². The summed E-state index contributed by atoms with van der Waals surface area (Å²) >= 11 is 0.959. The van der Waals surface area contributed by atoms with Crippen LogP contribution >= 0.6 is 23.7 Å². The molecule has 0 spiro atoms. The minimum absolute atomic E-state index is 0. The van der Waals surface area contributed by atoms with Crippen molar-refractivity contribution >= 4 is 34.7 Å². The Morgan fingerprint density at radius 3 is 2.80 bits per heavy atom. The molecule has 110 valence electrons. The molecule has 2 atom stereocenters. The number of carbonyl (C=O) groups excluding carboxylic acids is 1. The largest absolute Gasteiger partial charge is 0.336 e. The Kier molecular flexibility index (Phi) is 4.62. The molecule has 8 heteroatoms. The number of carbonyl (C=O) groups is 1. The van der Waals surface area contributed by atoms with Gasteiger partial charge in [0.05, 0.1) is 9.80 Å². The van der Waals surface area contributed by atoms with Crippen LogP contribution in [0.5, 0.6) is 0 Å². The Labute approximate surface area is 126 Å². The maximum atomic E-state index is 12.4. The summed E-state index contributed by atoms with van der Waals surface area (Å²) in [5.41, 5.74) is 0. The number of halogens is 1. The zero-order valence-corrected chi connectivity index (χ0v) is 12.4. The average molecular weight is 318 g/mol. The second-order valence-corrected chi connectivity index (χ2v) is 6.13. The van der Waals surface area contributed by atoms with E-state index in [1.807, 2.05) is 4.90 Å². The first-order chi connectivity index (χ1) is 9.13. The molecule has 0 aliphatic carbocycles. The van der Waals surface area contributed by atoms with Crippen molar-refractivity contribution in [2.75, 3.05) is 13.1 Å². The molecule has 1 N–H and O–H groups in total. The highest BCUT2D eigenvalue weighted by Crippen LogP contribution is 2.27. The van der Waals surface area contributed by atoms with Crippen LogP contribution in [0, 0.1) is 10.1 Å². The third kappa shape index (κ3) is 2.94. The van der Waals surface area contributed by atoms with Crippen molar-refractivity contribution in [3.05, 3.63) is 27.1 Å². The molecule has 0 radical (unpaired) electrons. The molecule has 3 rings (SSSR count). The number of nitrogens with one attached hydrogen (secondary N) is 1. The number of nitro groups is 1. The van der Waals surface area contributed by atoms with E-state index in [4.69, 9.17) is 0 Å². The first kappa shape index (κ1) is 15.2. The zero-order valence-electron chi connectivity index (χ0n) is 10.8. The molecule has 3 heterocycles. The monoisotopic (exact) mass is 317 g/mol. The van der Waals surface area contributed by atoms with Gasteiger partial charge in [0.25, 0.3) is 5.91 Å². The predicted octanol–water partition coefficient (Wildman–Crippen LogP) is 2.04. The molecule has 6 nitrogen and oxygen atoms in total. The Bertz CT molecular complexity index is 522. The lowest BCUT2D eigenvalue weighted by Crippen LogP contribution is -2.38. The van der Waals surface area contributed by atoms with Gasteiger partial charge >= 0.3 is 5.00 Å². The summed E-state index contributed by atoms with van der Waals surface area (Å²) in [4.78, 5) is 24.8. The number of thiophene rings is 1. The van der Waals surface area contributed by atoms with E-state index in [1.54, 1.807) is 6.07 Å². The maximum Gasteiger partial charge on any atom is 0.324 e. The molecular formula is C12H16ClN3O3S. The van der Waals surface area contributed by atoms with Crippen molar-refractivity contribution in [1.29, 1.82) is 0 Å². The SMILES string of the molecule is Cl.O=C(c1ccc([N+](=O)[O-])s1)N1CCC2CCC(C1)N2. The van der Waals surface area contributed by atoms with Crippen molar-refractivity contribution in [3.8, 4) is 0 Å². The number of amides is 1. The standard InChI is InChI=1S/C12H15N3O3S.ClH/c16-12(10-3-4-11(19-10)15(17)18)14-6-5-8-1-2-9(7-14)13-8;/h3-4,8-9,13H,1-2,5-7H2;1H. The molecule has 0 saturated carbocycles. The van der Waals surface area contributed by atoms with Crippen LogP contribution in [-0.2, 0) is 0 Å². The van der Waals surface area contributed by atoms with Gasteiger partial charge in [-0.2, -0.15) is 0 Å². The molecule has 1 aromatic heterocycles. The summed E-state index contributed by atoms with van der Waals surface area (Å²) in [7, 11) is 0. The van der Waals surface area contributed by atoms with E-state index in [0.29, 0.717) is 23.5 Å². The van der Waals surface area contributed by atoms with Crippen LogP contribution in [0.2, 0.25) is 0 Å². The van der Waals surface area contributed by atoms with Crippen molar-refractivity contribution < 1.29 is 9.72 Å². The van der Waals surface area contributed by atoms with Gasteiger partial charge < -0.3 is 10.2 Å². The zero-order chi connectivity index (χ0) is 13.4. The van der Waals surface area contributed by atoms with Crippen LogP contribution < -0.4 is 5.32 Å². The number of fused-ring (bicyclic) bond motifs is 2. The molecule has 2 aliphatic rings. The maximum absolute atomic E-state index is 12.4. The lowest BCUT2D eigenvalue weighted by Gasteiger charge is -2.23. The Balaban J connectivity index is 0.00000147. The van der Waals surface area contributed by atoms with Gasteiger partial charge in [-0.25, -0.2) is 0 Å². The van der Waals surface area contributed by atoms with Crippen LogP contribution in [0.1, 0.15) is 28.9 Å². The lowest BCUT2D eigenvalue weighted by molar-refractivity contribution is -0.380. The number of rotatable bonds is 2. The smallest absolute Gasteiger partial charge is 0.324 e. The van der Waals surface area contributed by atoms with Crippen molar-refractivity contribution in [2.24, 2.45) is 0 Å². The van der Waals surface area contributed by atoms with E-state index in [2.05, 4.69) is 5.32 Å². The Hall–Kier alpha value is -1.18. The molecule has 20 heavy (non-hydrogen) atoms. The minimum atomic E-state index is -0.451. The van der Waals surface area contributed by atoms with Gasteiger partial charge in [0.1, 0.15) is 0 Å². The first-order valence-electron chi connectivity index (χ1n) is 6.43. The van der Waals surface area contributed by atoms with Crippen LogP contribution in [0.15, 0.2) is 12.1 Å². The van der Waals surface area contributed by atoms with Gasteiger partial charge in [0.15, 0.2) is 0 Å². The van der Waals surface area contributed by atoms with E-state index >= 15 is 0 Å². The van der Waals surface area contributed by atoms with Crippen molar-refractivity contribution in [3.63, 3.8) is 0 Å². The first-order valence-corrected chi connectivity index (χ1v) is 7.24. The molecule has 1 aromatic rings. The fraction of sp³-hybridized carbons (Fsp3) is 0.583. The molecule has 1 amide bonds. The average Bonchev–Trinajstić information content (AvgIpc) is 2.95. The fourth-order valence-electron chi connectivity index (χ4n) is 2.82. The van der Waals surface area contributed by atoms with E-state index in [0.717, 1.165) is 30.7 Å². The van der Waals surface area contributed by atoms with Gasteiger partial charge in [0, 0.05) is 31.2 Å². The number of nitrogens with zero attached hydrogens (tertiary/aromatic N) is 2. The second kappa shape index (κ2) is 6.07. The van der Waals surface area contributed by atoms with Crippen LogP contribution in [0.3, 0.4) is 0 Å². The molecule has 2 unspecified atom stereocenters. The van der Waals surface area contributed by atoms with Crippen molar-refractivity contribution in [2.45, 2.75) is 31.3 Å². The highest BCUT2D eigenvalue weighted by molar-refractivity contribution is 7.17. The molecule has 2 fully saturated rings. The summed E-state index contributed by atoms with van der Waals surface area (Å²) in [6.45, 7) is 1.44. The van der Waals surface area contributed by atoms with E-state index < -0.39 is 4.92 Å². The van der Waals surface area contributed by atoms with Crippen LogP contribution in [0.4, 0.5) is 5.00 Å². The highest BCUT2D eigenvalue weighted by Gasteiger charge is 2.32. The van der Waals surface area contributed by atoms with Gasteiger partial charge in [-0.15, -0.1) is 12.4 Å². The van der Waals surface area contributed by atoms with Crippen LogP contribution in [0.25, 0.3) is 0 Å². The normalized spacial score (nSPS) is 24.9. The number of likely N-dealkylation sites (tertiary alicyclic amines) is 1. The van der Waals surface area contributed by atoms with E-state index in [-0.39, 0.29) is 23.3 Å². The summed E-state index contributed by atoms with van der Waals surface area (Å²) < 4.78 is 0. The van der Waals surface area contributed by atoms with Gasteiger partial charge in [0.2, 0.25) is 0 Å². The lowest BCUT2D eigenvalue weighted by atomic mass is 10.1. The third-order valence-corrected chi connectivity index (χ3v) is 4.82. The molecule has 2 saturated heterocycles. The minimum Gasteiger partial charge on any atom is -0.336 e. The van der Waals surface area contributed by atoms with Gasteiger partial charge in [-0.05, 0) is 25.3 Å². The predicted molar refractivity (Wildman–Crippen MR) is 78.7 cm³/mol. The van der Waals surface area contributed by atoms with E-state index in [1.165, 1.54) is 12.5 Å². The summed E-state index contributed by atoms with van der Waals surface area (Å²) in [5, 5.41) is 14.2. The summed E-state index contributed by atoms with van der Waals surface area (Å²) in [6.07, 6.45) is 3.27. The van der Waals surface area contributed by atoms with Gasteiger partial charge in [-0.3, -0.25) is 14.9 Å². The number of hydrogen-bond donors (Lipinski definition) is 1. The highest BCUT2D eigenvalue weighted by atomic mass is 35.5. The quantitative estimate of drug-likeness (QED) is 0.669. The Morgan fingerprint density at radius 2 is 2.10 bits per heavy atom. The fourth-order valence-corrected chi connectivity index (χ4v) is 3.61. The Morgan fingerprint density at radius 1 is 1.35 bits per heavy atom. The molecular weight excluding hydrogens is 302 g/mol. The third-order valence-electron chi connectivity index (χ3n) is 3.79. The molecule has 2 aliphatic heterocycles. The molecule has 2 bridgehead atoms.